The Morgan fingerprint density at radius 1 is 1.28 bits per heavy atom. The predicted octanol–water partition coefficient (Wildman–Crippen LogP) is 4.48. The van der Waals surface area contributed by atoms with Gasteiger partial charge in [-0.25, -0.2) is 9.97 Å². The van der Waals surface area contributed by atoms with E-state index in [2.05, 4.69) is 36.1 Å². The van der Waals surface area contributed by atoms with Crippen LogP contribution in [0.4, 0.5) is 5.82 Å². The van der Waals surface area contributed by atoms with Crippen molar-refractivity contribution < 1.29 is 0 Å². The monoisotopic (exact) mass is 287 g/mol. The Balaban J connectivity index is 2.48. The Morgan fingerprint density at radius 2 is 2.00 bits per heavy atom. The maximum absolute atomic E-state index is 5.95. The molecule has 0 bridgehead atoms. The zero-order chi connectivity index (χ0) is 13.5. The second-order valence-corrected chi connectivity index (χ2v) is 6.09. The molecule has 1 unspecified atom stereocenters. The molecule has 5 heteroatoms. The summed E-state index contributed by atoms with van der Waals surface area (Å²) in [4.78, 5) is 8.51. The fourth-order valence-corrected chi connectivity index (χ4v) is 2.33. The van der Waals surface area contributed by atoms with E-state index < -0.39 is 0 Å². The van der Waals surface area contributed by atoms with Crippen molar-refractivity contribution in [2.75, 3.05) is 11.6 Å². The average molecular weight is 288 g/mol. The minimum atomic E-state index is 0.407. The van der Waals surface area contributed by atoms with Gasteiger partial charge in [-0.05, 0) is 25.5 Å². The largest absolute Gasteiger partial charge is 0.367 e. The van der Waals surface area contributed by atoms with Crippen molar-refractivity contribution in [2.45, 2.75) is 51.2 Å². The first-order chi connectivity index (χ1) is 8.51. The topological polar surface area (TPSA) is 37.8 Å². The van der Waals surface area contributed by atoms with Crippen LogP contribution in [0.15, 0.2) is 11.2 Å². The summed E-state index contributed by atoms with van der Waals surface area (Å²) < 4.78 is 0. The highest BCUT2D eigenvalue weighted by Crippen LogP contribution is 2.18. The number of rotatable bonds is 7. The highest BCUT2D eigenvalue weighted by atomic mass is 35.5. The van der Waals surface area contributed by atoms with Crippen LogP contribution in [0.3, 0.4) is 0 Å². The van der Waals surface area contributed by atoms with E-state index in [1.54, 1.807) is 6.07 Å². The molecule has 0 spiro atoms. The summed E-state index contributed by atoms with van der Waals surface area (Å²) in [6.45, 7) is 6.69. The van der Waals surface area contributed by atoms with Crippen LogP contribution in [0, 0.1) is 5.92 Å². The lowest BCUT2D eigenvalue weighted by Crippen LogP contribution is -2.16. The average Bonchev–Trinajstić information content (AvgIpc) is 2.27. The van der Waals surface area contributed by atoms with E-state index in [1.165, 1.54) is 24.6 Å². The molecule has 1 aromatic heterocycles. The number of nitrogens with zero attached hydrogens (tertiary/aromatic N) is 2. The lowest BCUT2D eigenvalue weighted by Gasteiger charge is -2.15. The Hall–Kier alpha value is -0.480. The lowest BCUT2D eigenvalue weighted by atomic mass is 10.0. The number of halogens is 1. The summed E-state index contributed by atoms with van der Waals surface area (Å²) in [5, 5.41) is 4.58. The third-order valence-corrected chi connectivity index (χ3v) is 3.41. The third-order valence-electron chi connectivity index (χ3n) is 2.67. The van der Waals surface area contributed by atoms with Crippen LogP contribution >= 0.6 is 23.4 Å². The minimum absolute atomic E-state index is 0.407. The summed E-state index contributed by atoms with van der Waals surface area (Å²) in [7, 11) is 0. The Labute approximate surface area is 119 Å². The fourth-order valence-electron chi connectivity index (χ4n) is 1.72. The first kappa shape index (κ1) is 15.6. The smallest absolute Gasteiger partial charge is 0.190 e. The van der Waals surface area contributed by atoms with E-state index >= 15 is 0 Å². The van der Waals surface area contributed by atoms with Gasteiger partial charge < -0.3 is 5.32 Å². The number of anilines is 1. The quantitative estimate of drug-likeness (QED) is 0.456. The van der Waals surface area contributed by atoms with Crippen molar-refractivity contribution in [3.63, 3.8) is 0 Å². The zero-order valence-electron chi connectivity index (χ0n) is 11.5. The minimum Gasteiger partial charge on any atom is -0.367 e. The number of aromatic nitrogens is 2. The van der Waals surface area contributed by atoms with Crippen LogP contribution in [0.2, 0.25) is 5.15 Å². The molecule has 0 aliphatic heterocycles. The van der Waals surface area contributed by atoms with Crippen LogP contribution < -0.4 is 5.32 Å². The molecule has 1 rings (SSSR count). The maximum atomic E-state index is 5.95. The molecular formula is C13H22ClN3S. The molecule has 0 saturated heterocycles. The van der Waals surface area contributed by atoms with E-state index in [0.29, 0.717) is 16.4 Å². The van der Waals surface area contributed by atoms with Gasteiger partial charge >= 0.3 is 0 Å². The molecule has 0 saturated carbocycles. The van der Waals surface area contributed by atoms with E-state index in [9.17, 15) is 0 Å². The molecule has 0 aromatic carbocycles. The Morgan fingerprint density at radius 3 is 2.61 bits per heavy atom. The molecule has 1 heterocycles. The van der Waals surface area contributed by atoms with Crippen molar-refractivity contribution >= 4 is 29.2 Å². The predicted molar refractivity (Wildman–Crippen MR) is 80.6 cm³/mol. The molecule has 0 amide bonds. The molecule has 3 nitrogen and oxygen atoms in total. The number of nitrogens with one attached hydrogen (secondary N) is 1. The lowest BCUT2D eigenvalue weighted by molar-refractivity contribution is 0.520. The zero-order valence-corrected chi connectivity index (χ0v) is 13.1. The molecule has 0 fully saturated rings. The molecule has 0 radical (unpaired) electrons. The molecule has 0 aliphatic carbocycles. The van der Waals surface area contributed by atoms with Crippen molar-refractivity contribution in [2.24, 2.45) is 5.92 Å². The van der Waals surface area contributed by atoms with E-state index in [4.69, 9.17) is 11.6 Å². The Kier molecular flexibility index (Phi) is 6.79. The first-order valence-electron chi connectivity index (χ1n) is 6.36. The third kappa shape index (κ3) is 5.91. The van der Waals surface area contributed by atoms with E-state index in [0.717, 1.165) is 18.2 Å². The van der Waals surface area contributed by atoms with Gasteiger partial charge in [0.25, 0.3) is 0 Å². The molecular weight excluding hydrogens is 266 g/mol. The van der Waals surface area contributed by atoms with Crippen LogP contribution in [0.5, 0.6) is 0 Å². The van der Waals surface area contributed by atoms with E-state index in [-0.39, 0.29) is 0 Å². The van der Waals surface area contributed by atoms with Gasteiger partial charge in [-0.15, -0.1) is 0 Å². The normalized spacial score (nSPS) is 12.8. The summed E-state index contributed by atoms with van der Waals surface area (Å²) in [6, 6.07) is 2.18. The summed E-state index contributed by atoms with van der Waals surface area (Å²) >= 11 is 7.45. The van der Waals surface area contributed by atoms with Crippen molar-refractivity contribution in [3.05, 3.63) is 11.2 Å². The van der Waals surface area contributed by atoms with Crippen LogP contribution in [0.25, 0.3) is 0 Å². The van der Waals surface area contributed by atoms with Crippen molar-refractivity contribution in [1.29, 1.82) is 0 Å². The van der Waals surface area contributed by atoms with Gasteiger partial charge in [0, 0.05) is 12.1 Å². The fraction of sp³-hybridized carbons (Fsp3) is 0.692. The molecule has 0 aliphatic rings. The van der Waals surface area contributed by atoms with E-state index in [1.807, 2.05) is 6.26 Å². The van der Waals surface area contributed by atoms with Gasteiger partial charge in [0.1, 0.15) is 11.0 Å². The first-order valence-corrected chi connectivity index (χ1v) is 7.96. The highest BCUT2D eigenvalue weighted by molar-refractivity contribution is 7.98. The molecule has 1 N–H and O–H groups in total. The van der Waals surface area contributed by atoms with Gasteiger partial charge in [-0.3, -0.25) is 0 Å². The molecule has 102 valence electrons. The maximum Gasteiger partial charge on any atom is 0.190 e. The summed E-state index contributed by atoms with van der Waals surface area (Å²) in [6.07, 6.45) is 5.60. The van der Waals surface area contributed by atoms with Gasteiger partial charge in [-0.2, -0.15) is 0 Å². The van der Waals surface area contributed by atoms with Crippen LogP contribution in [0.1, 0.15) is 40.0 Å². The number of hydrogen-bond acceptors (Lipinski definition) is 4. The van der Waals surface area contributed by atoms with Crippen LogP contribution in [-0.4, -0.2) is 22.3 Å². The van der Waals surface area contributed by atoms with Gasteiger partial charge in [0.05, 0.1) is 0 Å². The molecule has 18 heavy (non-hydrogen) atoms. The number of hydrogen-bond donors (Lipinski definition) is 1. The molecule has 1 aromatic rings. The standard InChI is InChI=1S/C13H22ClN3S/c1-9(2)6-5-7-10(3)15-12-8-11(14)16-13(17-12)18-4/h8-10H,5-7H2,1-4H3,(H,15,16,17). The van der Waals surface area contributed by atoms with Crippen molar-refractivity contribution in [3.8, 4) is 0 Å². The highest BCUT2D eigenvalue weighted by Gasteiger charge is 2.06. The van der Waals surface area contributed by atoms with Gasteiger partial charge in [0.2, 0.25) is 0 Å². The summed E-state index contributed by atoms with van der Waals surface area (Å²) in [5.41, 5.74) is 0. The second-order valence-electron chi connectivity index (χ2n) is 4.93. The Bertz CT molecular complexity index is 371. The number of thioether (sulfide) groups is 1. The van der Waals surface area contributed by atoms with Gasteiger partial charge in [0.15, 0.2) is 5.16 Å². The van der Waals surface area contributed by atoms with Crippen molar-refractivity contribution in [1.82, 2.24) is 9.97 Å². The van der Waals surface area contributed by atoms with Gasteiger partial charge in [-0.1, -0.05) is 50.1 Å². The molecule has 1 atom stereocenters. The second kappa shape index (κ2) is 7.85. The summed E-state index contributed by atoms with van der Waals surface area (Å²) in [5.74, 6) is 1.59. The SMILES string of the molecule is CSc1nc(Cl)cc(NC(C)CCCC(C)C)n1. The van der Waals surface area contributed by atoms with Crippen LogP contribution in [-0.2, 0) is 0 Å².